The third-order valence-electron chi connectivity index (χ3n) is 5.09. The number of hydrogen-bond acceptors (Lipinski definition) is 6. The summed E-state index contributed by atoms with van der Waals surface area (Å²) >= 11 is 0. The van der Waals surface area contributed by atoms with E-state index in [1.165, 1.54) is 0 Å². The van der Waals surface area contributed by atoms with Crippen LogP contribution in [0, 0.1) is 0 Å². The average Bonchev–Trinajstić information content (AvgIpc) is 3.07. The molecule has 0 spiro atoms. The average molecular weight is 351 g/mol. The first-order chi connectivity index (χ1) is 12.2. The van der Waals surface area contributed by atoms with Gasteiger partial charge in [0, 0.05) is 24.8 Å². The summed E-state index contributed by atoms with van der Waals surface area (Å²) in [5, 5.41) is 8.22. The second-order valence-corrected chi connectivity index (χ2v) is 7.63. The van der Waals surface area contributed by atoms with E-state index >= 15 is 0 Å². The van der Waals surface area contributed by atoms with Gasteiger partial charge in [0.2, 0.25) is 5.95 Å². The van der Waals surface area contributed by atoms with E-state index < -0.39 is 7.12 Å². The Morgan fingerprint density at radius 1 is 1.08 bits per heavy atom. The molecule has 4 rings (SSSR count). The zero-order chi connectivity index (χ0) is 18.5. The first kappa shape index (κ1) is 17.0. The van der Waals surface area contributed by atoms with Gasteiger partial charge in [0.05, 0.1) is 28.6 Å². The van der Waals surface area contributed by atoms with E-state index in [1.54, 1.807) is 17.1 Å². The van der Waals surface area contributed by atoms with Gasteiger partial charge in [0.1, 0.15) is 0 Å². The number of aryl methyl sites for hydroxylation is 1. The van der Waals surface area contributed by atoms with Gasteiger partial charge in [-0.15, -0.1) is 0 Å². The van der Waals surface area contributed by atoms with Gasteiger partial charge in [-0.25, -0.2) is 9.97 Å². The molecule has 0 atom stereocenters. The summed E-state index contributed by atoms with van der Waals surface area (Å²) in [7, 11) is 1.47. The molecule has 1 aliphatic heterocycles. The van der Waals surface area contributed by atoms with Crippen LogP contribution in [0.3, 0.4) is 0 Å². The third-order valence-corrected chi connectivity index (χ3v) is 5.09. The highest BCUT2D eigenvalue weighted by molar-refractivity contribution is 6.62. The largest absolute Gasteiger partial charge is 0.494 e. The molecule has 8 heteroatoms. The Morgan fingerprint density at radius 2 is 1.81 bits per heavy atom. The van der Waals surface area contributed by atoms with Gasteiger partial charge in [0.25, 0.3) is 0 Å². The van der Waals surface area contributed by atoms with Crippen molar-refractivity contribution in [3.05, 3.63) is 36.8 Å². The van der Waals surface area contributed by atoms with E-state index in [4.69, 9.17) is 9.31 Å². The van der Waals surface area contributed by atoms with Gasteiger partial charge >= 0.3 is 7.12 Å². The number of nitrogens with zero attached hydrogens (tertiary/aromatic N) is 4. The molecule has 1 aliphatic rings. The normalized spacial score (nSPS) is 18.4. The van der Waals surface area contributed by atoms with Crippen molar-refractivity contribution in [1.82, 2.24) is 19.7 Å². The summed E-state index contributed by atoms with van der Waals surface area (Å²) in [5.74, 6) is 0.536. The number of benzene rings is 1. The number of anilines is 2. The molecule has 0 aliphatic carbocycles. The second kappa shape index (κ2) is 5.79. The van der Waals surface area contributed by atoms with Crippen LogP contribution in [0.25, 0.3) is 10.9 Å². The highest BCUT2D eigenvalue weighted by Crippen LogP contribution is 2.36. The van der Waals surface area contributed by atoms with Crippen LogP contribution in [0.5, 0.6) is 0 Å². The second-order valence-electron chi connectivity index (χ2n) is 7.63. The molecule has 1 aromatic carbocycles. The standard InChI is InChI=1S/C18H22BN5O2/c1-17(2)18(3,4)26-19(25-17)13-6-7-15-12(8-13)9-20-16(23-15)22-14-10-21-24(5)11-14/h6-11H,1-5H3,(H,20,22,23). The lowest BCUT2D eigenvalue weighted by atomic mass is 9.78. The van der Waals surface area contributed by atoms with Crippen molar-refractivity contribution in [3.8, 4) is 0 Å². The van der Waals surface area contributed by atoms with E-state index in [0.29, 0.717) is 5.95 Å². The number of fused-ring (bicyclic) bond motifs is 1. The molecule has 134 valence electrons. The van der Waals surface area contributed by atoms with Crippen molar-refractivity contribution >= 4 is 35.1 Å². The SMILES string of the molecule is Cn1cc(Nc2ncc3cc(B4OC(C)(C)C(C)(C)O4)ccc3n2)cn1. The van der Waals surface area contributed by atoms with E-state index in [9.17, 15) is 0 Å². The zero-order valence-corrected chi connectivity index (χ0v) is 15.6. The molecular weight excluding hydrogens is 329 g/mol. The molecule has 3 heterocycles. The highest BCUT2D eigenvalue weighted by Gasteiger charge is 2.51. The molecule has 0 amide bonds. The van der Waals surface area contributed by atoms with Crippen molar-refractivity contribution in [2.24, 2.45) is 7.05 Å². The minimum absolute atomic E-state index is 0.360. The van der Waals surface area contributed by atoms with Crippen LogP contribution < -0.4 is 10.8 Å². The van der Waals surface area contributed by atoms with Crippen molar-refractivity contribution in [1.29, 1.82) is 0 Å². The first-order valence-corrected chi connectivity index (χ1v) is 8.62. The fourth-order valence-corrected chi connectivity index (χ4v) is 2.85. The molecule has 7 nitrogen and oxygen atoms in total. The van der Waals surface area contributed by atoms with Gasteiger partial charge in [-0.05, 0) is 39.2 Å². The number of aromatic nitrogens is 4. The highest BCUT2D eigenvalue weighted by atomic mass is 16.7. The Hall–Kier alpha value is -2.45. The maximum absolute atomic E-state index is 6.12. The van der Waals surface area contributed by atoms with Crippen molar-refractivity contribution in [3.63, 3.8) is 0 Å². The fourth-order valence-electron chi connectivity index (χ4n) is 2.85. The molecule has 0 saturated carbocycles. The third kappa shape index (κ3) is 2.95. The van der Waals surface area contributed by atoms with Gasteiger partial charge < -0.3 is 14.6 Å². The van der Waals surface area contributed by atoms with Crippen LogP contribution in [-0.2, 0) is 16.4 Å². The van der Waals surface area contributed by atoms with Crippen molar-refractivity contribution < 1.29 is 9.31 Å². The topological polar surface area (TPSA) is 74.1 Å². The lowest BCUT2D eigenvalue weighted by molar-refractivity contribution is 0.00578. The van der Waals surface area contributed by atoms with Crippen LogP contribution in [0.1, 0.15) is 27.7 Å². The molecule has 1 fully saturated rings. The van der Waals surface area contributed by atoms with Crippen LogP contribution in [-0.4, -0.2) is 38.1 Å². The maximum Gasteiger partial charge on any atom is 0.494 e. The van der Waals surface area contributed by atoms with Crippen LogP contribution in [0.4, 0.5) is 11.6 Å². The fraction of sp³-hybridized carbons (Fsp3) is 0.389. The summed E-state index contributed by atoms with van der Waals surface area (Å²) < 4.78 is 14.0. The minimum atomic E-state index is -0.391. The summed E-state index contributed by atoms with van der Waals surface area (Å²) in [6.07, 6.45) is 5.40. The lowest BCUT2D eigenvalue weighted by Crippen LogP contribution is -2.41. The maximum atomic E-state index is 6.12. The number of hydrogen-bond donors (Lipinski definition) is 1. The van der Waals surface area contributed by atoms with Gasteiger partial charge in [-0.2, -0.15) is 5.10 Å². The molecule has 0 bridgehead atoms. The Kier molecular flexibility index (Phi) is 3.78. The van der Waals surface area contributed by atoms with Crippen molar-refractivity contribution in [2.75, 3.05) is 5.32 Å². The van der Waals surface area contributed by atoms with Crippen LogP contribution >= 0.6 is 0 Å². The zero-order valence-electron chi connectivity index (χ0n) is 15.6. The summed E-state index contributed by atoms with van der Waals surface area (Å²) in [6.45, 7) is 8.20. The van der Waals surface area contributed by atoms with E-state index in [2.05, 4.69) is 20.4 Å². The summed E-state index contributed by atoms with van der Waals surface area (Å²) in [6, 6.07) is 5.97. The first-order valence-electron chi connectivity index (χ1n) is 8.62. The summed E-state index contributed by atoms with van der Waals surface area (Å²) in [5.41, 5.74) is 1.95. The minimum Gasteiger partial charge on any atom is -0.399 e. The molecule has 1 saturated heterocycles. The quantitative estimate of drug-likeness (QED) is 0.731. The Bertz CT molecular complexity index is 953. The molecule has 1 N–H and O–H groups in total. The monoisotopic (exact) mass is 351 g/mol. The predicted octanol–water partition coefficient (Wildman–Crippen LogP) is 2.41. The smallest absolute Gasteiger partial charge is 0.399 e. The van der Waals surface area contributed by atoms with Gasteiger partial charge in [-0.3, -0.25) is 4.68 Å². The summed E-state index contributed by atoms with van der Waals surface area (Å²) in [4.78, 5) is 8.96. The Labute approximate surface area is 152 Å². The van der Waals surface area contributed by atoms with E-state index in [-0.39, 0.29) is 11.2 Å². The van der Waals surface area contributed by atoms with Gasteiger partial charge in [-0.1, -0.05) is 12.1 Å². The van der Waals surface area contributed by atoms with Crippen molar-refractivity contribution in [2.45, 2.75) is 38.9 Å². The van der Waals surface area contributed by atoms with Gasteiger partial charge in [0.15, 0.2) is 0 Å². The Morgan fingerprint density at radius 3 is 2.46 bits per heavy atom. The lowest BCUT2D eigenvalue weighted by Gasteiger charge is -2.32. The van der Waals surface area contributed by atoms with E-state index in [0.717, 1.165) is 22.1 Å². The molecule has 3 aromatic rings. The number of nitrogens with one attached hydrogen (secondary N) is 1. The Balaban J connectivity index is 1.60. The van der Waals surface area contributed by atoms with E-state index in [1.807, 2.05) is 59.1 Å². The van der Waals surface area contributed by atoms with Crippen LogP contribution in [0.15, 0.2) is 36.8 Å². The molecule has 2 aromatic heterocycles. The molecule has 0 unspecified atom stereocenters. The number of rotatable bonds is 3. The molecular formula is C18H22BN5O2. The predicted molar refractivity (Wildman–Crippen MR) is 102 cm³/mol. The van der Waals surface area contributed by atoms with Crippen LogP contribution in [0.2, 0.25) is 0 Å². The molecule has 26 heavy (non-hydrogen) atoms. The molecule has 0 radical (unpaired) electrons.